The summed E-state index contributed by atoms with van der Waals surface area (Å²) in [5, 5.41) is 7.06. The van der Waals surface area contributed by atoms with Crippen molar-refractivity contribution in [1.82, 2.24) is 10.4 Å². The van der Waals surface area contributed by atoms with E-state index in [1.54, 1.807) is 24.6 Å². The molecular formula is C11H19N3S. The quantitative estimate of drug-likeness (QED) is 0.634. The molecular weight excluding hydrogens is 206 g/mol. The Morgan fingerprint density at radius 2 is 2.20 bits per heavy atom. The number of hydrogen-bond donors (Lipinski definition) is 1. The highest BCUT2D eigenvalue weighted by molar-refractivity contribution is 7.09. The van der Waals surface area contributed by atoms with E-state index in [4.69, 9.17) is 0 Å². The maximum Gasteiger partial charge on any atom is 0.0901 e. The fourth-order valence-corrected chi connectivity index (χ4v) is 1.54. The zero-order valence-electron chi connectivity index (χ0n) is 10.0. The van der Waals surface area contributed by atoms with E-state index >= 15 is 0 Å². The number of nitrogens with one attached hydrogen (secondary N) is 1. The van der Waals surface area contributed by atoms with Crippen LogP contribution in [0.25, 0.3) is 5.57 Å². The molecule has 0 bridgehead atoms. The third-order valence-electron chi connectivity index (χ3n) is 1.56. The van der Waals surface area contributed by atoms with E-state index in [1.807, 2.05) is 39.2 Å². The monoisotopic (exact) mass is 225 g/mol. The molecule has 0 saturated carbocycles. The number of hydrogen-bond acceptors (Lipinski definition) is 4. The van der Waals surface area contributed by atoms with Crippen LogP contribution in [0.15, 0.2) is 16.6 Å². The zero-order valence-corrected chi connectivity index (χ0v) is 10.9. The summed E-state index contributed by atoms with van der Waals surface area (Å²) in [5.74, 6) is 0. The van der Waals surface area contributed by atoms with Gasteiger partial charge in [-0.1, -0.05) is 19.9 Å². The summed E-state index contributed by atoms with van der Waals surface area (Å²) in [6.45, 7) is 7.97. The predicted molar refractivity (Wildman–Crippen MR) is 69.4 cm³/mol. The molecule has 0 unspecified atom stereocenters. The molecule has 0 aliphatic carbocycles. The second-order valence-electron chi connectivity index (χ2n) is 2.48. The van der Waals surface area contributed by atoms with Crippen LogP contribution in [0, 0.1) is 6.92 Å². The molecule has 0 saturated heterocycles. The minimum Gasteiger partial charge on any atom is -0.313 e. The second kappa shape index (κ2) is 8.17. The lowest BCUT2D eigenvalue weighted by atomic mass is 10.2. The second-order valence-corrected chi connectivity index (χ2v) is 3.54. The van der Waals surface area contributed by atoms with Crippen LogP contribution in [-0.4, -0.2) is 18.2 Å². The first kappa shape index (κ1) is 13.8. The smallest absolute Gasteiger partial charge is 0.0901 e. The van der Waals surface area contributed by atoms with E-state index in [0.29, 0.717) is 0 Å². The van der Waals surface area contributed by atoms with Crippen LogP contribution in [-0.2, 0) is 0 Å². The third kappa shape index (κ3) is 4.74. The molecule has 0 aliphatic heterocycles. The Morgan fingerprint density at radius 3 is 2.60 bits per heavy atom. The van der Waals surface area contributed by atoms with Crippen molar-refractivity contribution in [2.24, 2.45) is 5.10 Å². The summed E-state index contributed by atoms with van der Waals surface area (Å²) in [5.41, 5.74) is 4.74. The minimum atomic E-state index is 0.990. The molecule has 1 aromatic rings. The van der Waals surface area contributed by atoms with Crippen LogP contribution in [0.3, 0.4) is 0 Å². The van der Waals surface area contributed by atoms with Gasteiger partial charge in [0.1, 0.15) is 0 Å². The van der Waals surface area contributed by atoms with Gasteiger partial charge in [-0.05, 0) is 13.8 Å². The van der Waals surface area contributed by atoms with Crippen molar-refractivity contribution in [2.45, 2.75) is 27.7 Å². The van der Waals surface area contributed by atoms with Gasteiger partial charge in [-0.15, -0.1) is 11.3 Å². The van der Waals surface area contributed by atoms with Crippen LogP contribution >= 0.6 is 11.3 Å². The molecule has 15 heavy (non-hydrogen) atoms. The standard InChI is InChI=1S/C9H13N3S.C2H6/c1-4-8(5-11-10-3)9-6-13-7(2)12-9;1-2/h4-6,10H,1-3H3;1-2H3/b8-4+,11-5-;. The van der Waals surface area contributed by atoms with Crippen molar-refractivity contribution < 1.29 is 0 Å². The van der Waals surface area contributed by atoms with E-state index in [1.165, 1.54) is 0 Å². The maximum absolute atomic E-state index is 4.37. The third-order valence-corrected chi connectivity index (χ3v) is 2.33. The van der Waals surface area contributed by atoms with Crippen molar-refractivity contribution >= 4 is 23.1 Å². The summed E-state index contributed by atoms with van der Waals surface area (Å²) in [6.07, 6.45) is 3.77. The van der Waals surface area contributed by atoms with Gasteiger partial charge in [-0.3, -0.25) is 0 Å². The van der Waals surface area contributed by atoms with Gasteiger partial charge >= 0.3 is 0 Å². The van der Waals surface area contributed by atoms with Crippen LogP contribution < -0.4 is 5.43 Å². The van der Waals surface area contributed by atoms with Crippen molar-refractivity contribution in [3.63, 3.8) is 0 Å². The number of aromatic nitrogens is 1. The molecule has 3 nitrogen and oxygen atoms in total. The van der Waals surface area contributed by atoms with Crippen molar-refractivity contribution in [3.8, 4) is 0 Å². The molecule has 0 amide bonds. The highest BCUT2D eigenvalue weighted by atomic mass is 32.1. The van der Waals surface area contributed by atoms with Gasteiger partial charge in [0.15, 0.2) is 0 Å². The van der Waals surface area contributed by atoms with E-state index < -0.39 is 0 Å². The zero-order chi connectivity index (χ0) is 11.7. The first-order valence-corrected chi connectivity index (χ1v) is 5.94. The number of rotatable bonds is 3. The van der Waals surface area contributed by atoms with Crippen LogP contribution in [0.1, 0.15) is 31.5 Å². The molecule has 0 fully saturated rings. The molecule has 0 spiro atoms. The lowest BCUT2D eigenvalue weighted by Gasteiger charge is -1.94. The number of thiazole rings is 1. The average molecular weight is 225 g/mol. The fraction of sp³-hybridized carbons (Fsp3) is 0.455. The molecule has 0 aromatic carbocycles. The first-order chi connectivity index (χ1) is 7.27. The van der Waals surface area contributed by atoms with Crippen LogP contribution in [0.4, 0.5) is 0 Å². The van der Waals surface area contributed by atoms with Gasteiger partial charge in [0, 0.05) is 18.0 Å². The van der Waals surface area contributed by atoms with Gasteiger partial charge in [-0.25, -0.2) is 4.98 Å². The molecule has 0 radical (unpaired) electrons. The normalized spacial score (nSPS) is 11.1. The summed E-state index contributed by atoms with van der Waals surface area (Å²) in [6, 6.07) is 0. The fourth-order valence-electron chi connectivity index (χ4n) is 0.919. The van der Waals surface area contributed by atoms with E-state index in [9.17, 15) is 0 Å². The largest absolute Gasteiger partial charge is 0.313 e. The van der Waals surface area contributed by atoms with Gasteiger partial charge in [0.25, 0.3) is 0 Å². The molecule has 1 rings (SSSR count). The van der Waals surface area contributed by atoms with Crippen LogP contribution in [0.5, 0.6) is 0 Å². The predicted octanol–water partition coefficient (Wildman–Crippen LogP) is 3.09. The Labute approximate surface area is 95.9 Å². The van der Waals surface area contributed by atoms with Crippen molar-refractivity contribution in [3.05, 3.63) is 22.2 Å². The Hall–Kier alpha value is -1.16. The van der Waals surface area contributed by atoms with Crippen LogP contribution in [0.2, 0.25) is 0 Å². The molecule has 4 heteroatoms. The molecule has 1 N–H and O–H groups in total. The molecule has 1 aromatic heterocycles. The highest BCUT2D eigenvalue weighted by Gasteiger charge is 2.01. The maximum atomic E-state index is 4.37. The SMILES string of the molecule is C/C=C(\C=N/NC)c1csc(C)n1.CC. The number of aryl methyl sites for hydroxylation is 1. The first-order valence-electron chi connectivity index (χ1n) is 5.06. The van der Waals surface area contributed by atoms with E-state index in [-0.39, 0.29) is 0 Å². The number of hydrazone groups is 1. The van der Waals surface area contributed by atoms with E-state index in [2.05, 4.69) is 15.5 Å². The lowest BCUT2D eigenvalue weighted by molar-refractivity contribution is 0.909. The average Bonchev–Trinajstić information content (AvgIpc) is 2.69. The number of allylic oxidation sites excluding steroid dienone is 2. The highest BCUT2D eigenvalue weighted by Crippen LogP contribution is 2.15. The Balaban J connectivity index is 0.000000921. The Morgan fingerprint density at radius 1 is 1.53 bits per heavy atom. The topological polar surface area (TPSA) is 37.3 Å². The molecule has 84 valence electrons. The Bertz CT molecular complexity index is 326. The molecule has 1 heterocycles. The summed E-state index contributed by atoms with van der Waals surface area (Å²) in [7, 11) is 1.77. The summed E-state index contributed by atoms with van der Waals surface area (Å²) < 4.78 is 0. The van der Waals surface area contributed by atoms with Crippen molar-refractivity contribution in [1.29, 1.82) is 0 Å². The Kier molecular flexibility index (Phi) is 7.54. The molecule has 0 aliphatic rings. The molecule has 0 atom stereocenters. The van der Waals surface area contributed by atoms with Gasteiger partial charge in [0.2, 0.25) is 0 Å². The lowest BCUT2D eigenvalue weighted by Crippen LogP contribution is -1.95. The van der Waals surface area contributed by atoms with Gasteiger partial charge in [-0.2, -0.15) is 5.10 Å². The van der Waals surface area contributed by atoms with Gasteiger partial charge in [0.05, 0.1) is 16.9 Å². The summed E-state index contributed by atoms with van der Waals surface area (Å²) in [4.78, 5) is 4.37. The van der Waals surface area contributed by atoms with Crippen molar-refractivity contribution in [2.75, 3.05) is 7.05 Å². The van der Waals surface area contributed by atoms with E-state index in [0.717, 1.165) is 16.3 Å². The summed E-state index contributed by atoms with van der Waals surface area (Å²) >= 11 is 1.65. The number of nitrogens with zero attached hydrogens (tertiary/aromatic N) is 2. The van der Waals surface area contributed by atoms with Gasteiger partial charge < -0.3 is 5.43 Å². The minimum absolute atomic E-state index is 0.990.